The predicted octanol–water partition coefficient (Wildman–Crippen LogP) is 6.80. The molecule has 2 aromatic rings. The SMILES string of the molecule is CCC(CC)(c1ccc(CNS(=O)(=O)C(C)C)c(C)c1)c1ccc(OC(C)C(C)(O)C(C)(C)C)c(C)c1. The van der Waals surface area contributed by atoms with E-state index >= 15 is 0 Å². The molecule has 0 radical (unpaired) electrons. The lowest BCUT2D eigenvalue weighted by Crippen LogP contribution is -2.51. The molecule has 0 aromatic heterocycles. The molecule has 0 aliphatic carbocycles. The van der Waals surface area contributed by atoms with Gasteiger partial charge in [0.15, 0.2) is 0 Å². The van der Waals surface area contributed by atoms with Gasteiger partial charge in [0.05, 0.1) is 5.25 Å². The van der Waals surface area contributed by atoms with Crippen molar-refractivity contribution in [3.63, 3.8) is 0 Å². The molecule has 0 saturated carbocycles. The molecule has 2 atom stereocenters. The van der Waals surface area contributed by atoms with Gasteiger partial charge in [-0.2, -0.15) is 0 Å². The number of nitrogens with one attached hydrogen (secondary N) is 1. The Labute approximate surface area is 226 Å². The van der Waals surface area contributed by atoms with Gasteiger partial charge >= 0.3 is 0 Å². The van der Waals surface area contributed by atoms with Crippen LogP contribution in [0.1, 0.15) is 103 Å². The first-order chi connectivity index (χ1) is 16.9. The van der Waals surface area contributed by atoms with Crippen molar-refractivity contribution in [2.75, 3.05) is 0 Å². The van der Waals surface area contributed by atoms with E-state index in [-0.39, 0.29) is 16.9 Å². The van der Waals surface area contributed by atoms with E-state index in [1.807, 2.05) is 53.7 Å². The van der Waals surface area contributed by atoms with Crippen molar-refractivity contribution in [3.05, 3.63) is 64.2 Å². The zero-order chi connectivity index (χ0) is 28.4. The van der Waals surface area contributed by atoms with Crippen LogP contribution in [0.5, 0.6) is 5.75 Å². The van der Waals surface area contributed by atoms with E-state index in [1.54, 1.807) is 13.8 Å². The molecule has 2 rings (SSSR count). The molecule has 0 saturated heterocycles. The molecule has 2 N–H and O–H groups in total. The van der Waals surface area contributed by atoms with Gasteiger partial charge in [-0.15, -0.1) is 0 Å². The molecule has 37 heavy (non-hydrogen) atoms. The zero-order valence-corrected chi connectivity index (χ0v) is 25.6. The lowest BCUT2D eigenvalue weighted by Gasteiger charge is -2.41. The number of aliphatic hydroxyl groups is 1. The molecule has 0 amide bonds. The first-order valence-corrected chi connectivity index (χ1v) is 15.1. The van der Waals surface area contributed by atoms with E-state index in [1.165, 1.54) is 11.1 Å². The Balaban J connectivity index is 2.39. The normalized spacial score (nSPS) is 15.5. The van der Waals surface area contributed by atoms with Crippen molar-refractivity contribution in [3.8, 4) is 5.75 Å². The highest BCUT2D eigenvalue weighted by molar-refractivity contribution is 7.90. The Morgan fingerprint density at radius 1 is 0.892 bits per heavy atom. The number of benzene rings is 2. The summed E-state index contributed by atoms with van der Waals surface area (Å²) >= 11 is 0. The van der Waals surface area contributed by atoms with Crippen LogP contribution in [0.15, 0.2) is 36.4 Å². The highest BCUT2D eigenvalue weighted by atomic mass is 32.2. The van der Waals surface area contributed by atoms with Gasteiger partial charge in [-0.3, -0.25) is 0 Å². The van der Waals surface area contributed by atoms with E-state index in [4.69, 9.17) is 4.74 Å². The number of hydrogen-bond acceptors (Lipinski definition) is 4. The topological polar surface area (TPSA) is 75.6 Å². The minimum Gasteiger partial charge on any atom is -0.487 e. The fourth-order valence-corrected chi connectivity index (χ4v) is 5.45. The van der Waals surface area contributed by atoms with Gasteiger partial charge in [0.1, 0.15) is 17.5 Å². The van der Waals surface area contributed by atoms with Gasteiger partial charge in [-0.25, -0.2) is 13.1 Å². The van der Waals surface area contributed by atoms with E-state index in [2.05, 4.69) is 49.8 Å². The molecule has 6 heteroatoms. The average molecular weight is 532 g/mol. The maximum atomic E-state index is 12.2. The quantitative estimate of drug-likeness (QED) is 0.334. The molecule has 208 valence electrons. The fraction of sp³-hybridized carbons (Fsp3) is 0.613. The summed E-state index contributed by atoms with van der Waals surface area (Å²) in [6.07, 6.45) is 1.48. The molecule has 0 aliphatic rings. The highest BCUT2D eigenvalue weighted by Gasteiger charge is 2.42. The molecule has 0 aliphatic heterocycles. The Bertz CT molecular complexity index is 1170. The molecular weight excluding hydrogens is 482 g/mol. The largest absolute Gasteiger partial charge is 0.487 e. The van der Waals surface area contributed by atoms with Crippen LogP contribution < -0.4 is 9.46 Å². The van der Waals surface area contributed by atoms with E-state index in [0.29, 0.717) is 6.54 Å². The average Bonchev–Trinajstić information content (AvgIpc) is 2.80. The van der Waals surface area contributed by atoms with Crippen LogP contribution >= 0.6 is 0 Å². The predicted molar refractivity (Wildman–Crippen MR) is 155 cm³/mol. The Hall–Kier alpha value is -1.89. The Kier molecular flexibility index (Phi) is 9.71. The van der Waals surface area contributed by atoms with Gasteiger partial charge < -0.3 is 9.84 Å². The van der Waals surface area contributed by atoms with Crippen molar-refractivity contribution in [2.24, 2.45) is 5.41 Å². The number of sulfonamides is 1. The van der Waals surface area contributed by atoms with Crippen LogP contribution in [0.25, 0.3) is 0 Å². The summed E-state index contributed by atoms with van der Waals surface area (Å²) in [5.41, 5.74) is 4.06. The van der Waals surface area contributed by atoms with E-state index in [9.17, 15) is 13.5 Å². The lowest BCUT2D eigenvalue weighted by atomic mass is 9.70. The zero-order valence-electron chi connectivity index (χ0n) is 24.8. The van der Waals surface area contributed by atoms with Crippen molar-refractivity contribution < 1.29 is 18.3 Å². The van der Waals surface area contributed by atoms with Gasteiger partial charge in [0.25, 0.3) is 0 Å². The van der Waals surface area contributed by atoms with E-state index < -0.39 is 20.9 Å². The third kappa shape index (κ3) is 6.58. The first-order valence-electron chi connectivity index (χ1n) is 13.5. The molecule has 5 nitrogen and oxygen atoms in total. The minimum absolute atomic E-state index is 0.174. The van der Waals surface area contributed by atoms with Gasteiger partial charge in [0.2, 0.25) is 10.0 Å². The minimum atomic E-state index is -3.32. The second-order valence-electron chi connectivity index (χ2n) is 12.0. The van der Waals surface area contributed by atoms with Crippen LogP contribution in [-0.2, 0) is 22.0 Å². The molecular formula is C31H49NO4S. The van der Waals surface area contributed by atoms with Crippen molar-refractivity contribution in [1.82, 2.24) is 4.72 Å². The maximum absolute atomic E-state index is 12.2. The maximum Gasteiger partial charge on any atom is 0.214 e. The summed E-state index contributed by atoms with van der Waals surface area (Å²) in [6.45, 7) is 22.0. The molecule has 0 bridgehead atoms. The lowest BCUT2D eigenvalue weighted by molar-refractivity contribution is -0.112. The third-order valence-corrected chi connectivity index (χ3v) is 10.3. The summed E-state index contributed by atoms with van der Waals surface area (Å²) in [4.78, 5) is 0. The number of rotatable bonds is 11. The Morgan fingerprint density at radius 2 is 1.41 bits per heavy atom. The molecule has 0 heterocycles. The standard InChI is InChI=1S/C31H49NO4S/c1-12-31(13-2,26-15-14-25(22(5)18-26)20-32-37(34,35)21(3)4)27-16-17-28(23(6)19-27)36-24(7)30(11,33)29(8,9)10/h14-19,21,24,32-33H,12-13,20H2,1-11H3. The summed E-state index contributed by atoms with van der Waals surface area (Å²) in [5.74, 6) is 0.783. The Morgan fingerprint density at radius 3 is 1.84 bits per heavy atom. The molecule has 0 spiro atoms. The smallest absolute Gasteiger partial charge is 0.214 e. The third-order valence-electron chi connectivity index (χ3n) is 8.53. The second kappa shape index (κ2) is 11.5. The summed E-state index contributed by atoms with van der Waals surface area (Å²) in [6, 6.07) is 12.8. The van der Waals surface area contributed by atoms with Gasteiger partial charge in [0, 0.05) is 12.0 Å². The van der Waals surface area contributed by atoms with E-state index in [0.717, 1.165) is 35.3 Å². The van der Waals surface area contributed by atoms with Crippen LogP contribution in [0.4, 0.5) is 0 Å². The number of hydrogen-bond donors (Lipinski definition) is 2. The fourth-order valence-electron chi connectivity index (χ4n) is 4.76. The first kappa shape index (κ1) is 31.3. The number of aryl methyl sites for hydroxylation is 2. The summed E-state index contributed by atoms with van der Waals surface area (Å²) < 4.78 is 33.4. The second-order valence-corrected chi connectivity index (χ2v) is 14.3. The van der Waals surface area contributed by atoms with Gasteiger partial charge in [-0.1, -0.05) is 65.0 Å². The van der Waals surface area contributed by atoms with Crippen LogP contribution in [0.2, 0.25) is 0 Å². The van der Waals surface area contributed by atoms with Crippen molar-refractivity contribution >= 4 is 10.0 Å². The van der Waals surface area contributed by atoms with Gasteiger partial charge in [-0.05, 0) is 93.7 Å². The molecule has 2 aromatic carbocycles. The monoisotopic (exact) mass is 531 g/mol. The molecule has 0 fully saturated rings. The summed E-state index contributed by atoms with van der Waals surface area (Å²) in [5, 5.41) is 10.6. The van der Waals surface area contributed by atoms with Crippen LogP contribution in [0, 0.1) is 19.3 Å². The van der Waals surface area contributed by atoms with Crippen LogP contribution in [-0.4, -0.2) is 30.5 Å². The molecule has 2 unspecified atom stereocenters. The van der Waals surface area contributed by atoms with Crippen LogP contribution in [0.3, 0.4) is 0 Å². The van der Waals surface area contributed by atoms with Crippen molar-refractivity contribution in [1.29, 1.82) is 0 Å². The highest BCUT2D eigenvalue weighted by Crippen LogP contribution is 2.42. The number of ether oxygens (including phenoxy) is 1. The van der Waals surface area contributed by atoms with Crippen molar-refractivity contribution in [2.45, 2.75) is 118 Å². The summed E-state index contributed by atoms with van der Waals surface area (Å²) in [7, 11) is -3.32.